The van der Waals surface area contributed by atoms with Crippen molar-refractivity contribution in [2.75, 3.05) is 0 Å². The quantitative estimate of drug-likeness (QED) is 0.582. The lowest BCUT2D eigenvalue weighted by Gasteiger charge is -2.29. The van der Waals surface area contributed by atoms with Gasteiger partial charge in [0.1, 0.15) is 0 Å². The van der Waals surface area contributed by atoms with Gasteiger partial charge in [-0.1, -0.05) is 37.1 Å². The number of benzene rings is 2. The van der Waals surface area contributed by atoms with E-state index in [1.807, 2.05) is 24.3 Å². The highest BCUT2D eigenvalue weighted by Gasteiger charge is 2.26. The maximum absolute atomic E-state index is 13.0. The van der Waals surface area contributed by atoms with Gasteiger partial charge in [0.2, 0.25) is 0 Å². The zero-order chi connectivity index (χ0) is 16.7. The molecule has 0 bridgehead atoms. The second-order valence-corrected chi connectivity index (χ2v) is 6.40. The summed E-state index contributed by atoms with van der Waals surface area (Å²) in [7, 11) is 0. The van der Waals surface area contributed by atoms with Gasteiger partial charge >= 0.3 is 0 Å². The van der Waals surface area contributed by atoms with Crippen LogP contribution in [0.4, 0.5) is 0 Å². The van der Waals surface area contributed by atoms with Crippen molar-refractivity contribution in [1.82, 2.24) is 9.55 Å². The molecule has 0 unspecified atom stereocenters. The van der Waals surface area contributed by atoms with Crippen LogP contribution in [0.5, 0.6) is 0 Å². The molecule has 1 aromatic heterocycles. The zero-order valence-electron chi connectivity index (χ0n) is 13.2. The van der Waals surface area contributed by atoms with Gasteiger partial charge in [0, 0.05) is 10.9 Å². The van der Waals surface area contributed by atoms with Gasteiger partial charge in [-0.2, -0.15) is 0 Å². The third-order valence-electron chi connectivity index (χ3n) is 5.00. The molecular formula is C19H18N2O3. The second-order valence-electron chi connectivity index (χ2n) is 6.40. The lowest BCUT2D eigenvalue weighted by atomic mass is 9.92. The summed E-state index contributed by atoms with van der Waals surface area (Å²) in [6.45, 7) is 0. The molecule has 4 rings (SSSR count). The predicted molar refractivity (Wildman–Crippen MR) is 92.4 cm³/mol. The Morgan fingerprint density at radius 3 is 2.62 bits per heavy atom. The molecule has 0 amide bonds. The van der Waals surface area contributed by atoms with Crippen molar-refractivity contribution in [3.63, 3.8) is 0 Å². The van der Waals surface area contributed by atoms with E-state index in [-0.39, 0.29) is 11.6 Å². The molecule has 1 aliphatic carbocycles. The maximum Gasteiger partial charge on any atom is 0.261 e. The van der Waals surface area contributed by atoms with E-state index in [2.05, 4.69) is 4.98 Å². The Balaban J connectivity index is 2.01. The molecule has 2 atom stereocenters. The number of carbonyl (C=O) groups excluding carboxylic acids is 1. The number of hydrogen-bond donors (Lipinski definition) is 1. The van der Waals surface area contributed by atoms with Crippen molar-refractivity contribution < 1.29 is 9.90 Å². The van der Waals surface area contributed by atoms with Gasteiger partial charge in [0.15, 0.2) is 6.29 Å². The van der Waals surface area contributed by atoms with E-state index in [4.69, 9.17) is 0 Å². The summed E-state index contributed by atoms with van der Waals surface area (Å²) in [6.07, 6.45) is 5.22. The molecule has 3 aromatic rings. The first kappa shape index (κ1) is 15.0. The third-order valence-corrected chi connectivity index (χ3v) is 5.00. The van der Waals surface area contributed by atoms with Crippen molar-refractivity contribution >= 4 is 28.0 Å². The minimum atomic E-state index is -0.526. The number of aliphatic hydroxyl groups is 1. The molecule has 5 heteroatoms. The van der Waals surface area contributed by atoms with E-state index >= 15 is 0 Å². The summed E-state index contributed by atoms with van der Waals surface area (Å²) in [6, 6.07) is 8.84. The normalized spacial score (nSPS) is 21.2. The molecular weight excluding hydrogens is 304 g/mol. The number of rotatable bonds is 2. The van der Waals surface area contributed by atoms with Gasteiger partial charge in [0.05, 0.1) is 29.4 Å². The average molecular weight is 322 g/mol. The first-order valence-electron chi connectivity index (χ1n) is 8.26. The molecule has 0 saturated heterocycles. The molecule has 1 N–H and O–H groups in total. The summed E-state index contributed by atoms with van der Waals surface area (Å²) in [5.74, 6) is 0. The van der Waals surface area contributed by atoms with E-state index in [0.29, 0.717) is 22.9 Å². The Hall–Kier alpha value is -2.53. The van der Waals surface area contributed by atoms with E-state index in [1.165, 1.54) is 10.9 Å². The number of aromatic nitrogens is 2. The van der Waals surface area contributed by atoms with Crippen molar-refractivity contribution in [3.8, 4) is 0 Å². The standard InChI is InChI=1S/C19H18N2O3/c22-10-12-9-15-18(14-6-2-1-5-13(12)14)20-11-21(19(15)24)16-7-3-4-8-17(16)23/h1-2,5-6,9-11,16-17,23H,3-4,7-8H2/t16-,17-/m1/s1. The van der Waals surface area contributed by atoms with E-state index in [9.17, 15) is 14.7 Å². The van der Waals surface area contributed by atoms with Crippen LogP contribution < -0.4 is 5.56 Å². The van der Waals surface area contributed by atoms with Crippen LogP contribution in [0.3, 0.4) is 0 Å². The average Bonchev–Trinajstić information content (AvgIpc) is 2.62. The van der Waals surface area contributed by atoms with Gasteiger partial charge in [-0.25, -0.2) is 4.98 Å². The Morgan fingerprint density at radius 2 is 1.88 bits per heavy atom. The van der Waals surface area contributed by atoms with Gasteiger partial charge in [-0.3, -0.25) is 14.2 Å². The van der Waals surface area contributed by atoms with Crippen LogP contribution in [0.1, 0.15) is 42.1 Å². The van der Waals surface area contributed by atoms with E-state index in [0.717, 1.165) is 36.3 Å². The lowest BCUT2D eigenvalue weighted by Crippen LogP contribution is -2.34. The molecule has 1 saturated carbocycles. The van der Waals surface area contributed by atoms with E-state index in [1.54, 1.807) is 6.07 Å². The Kier molecular flexibility index (Phi) is 3.65. The maximum atomic E-state index is 13.0. The van der Waals surface area contributed by atoms with Gasteiger partial charge in [-0.05, 0) is 24.3 Å². The molecule has 1 heterocycles. The Morgan fingerprint density at radius 1 is 1.12 bits per heavy atom. The molecule has 122 valence electrons. The van der Waals surface area contributed by atoms with Crippen molar-refractivity contribution in [3.05, 3.63) is 52.6 Å². The molecule has 0 aliphatic heterocycles. The molecule has 5 nitrogen and oxygen atoms in total. The summed E-state index contributed by atoms with van der Waals surface area (Å²) < 4.78 is 1.54. The van der Waals surface area contributed by atoms with Crippen LogP contribution in [-0.2, 0) is 0 Å². The molecule has 24 heavy (non-hydrogen) atoms. The highest BCUT2D eigenvalue weighted by molar-refractivity contribution is 6.11. The van der Waals surface area contributed by atoms with Crippen molar-refractivity contribution in [1.29, 1.82) is 0 Å². The number of hydrogen-bond acceptors (Lipinski definition) is 4. The summed E-state index contributed by atoms with van der Waals surface area (Å²) in [5, 5.41) is 12.3. The monoisotopic (exact) mass is 322 g/mol. The van der Waals surface area contributed by atoms with Crippen molar-refractivity contribution in [2.24, 2.45) is 0 Å². The summed E-state index contributed by atoms with van der Waals surface area (Å²) in [4.78, 5) is 28.9. The number of nitrogens with zero attached hydrogens (tertiary/aromatic N) is 2. The molecule has 0 radical (unpaired) electrons. The van der Waals surface area contributed by atoms with E-state index < -0.39 is 6.10 Å². The van der Waals surface area contributed by atoms with Crippen LogP contribution >= 0.6 is 0 Å². The number of aldehydes is 1. The number of fused-ring (bicyclic) bond motifs is 3. The zero-order valence-corrected chi connectivity index (χ0v) is 13.2. The van der Waals surface area contributed by atoms with Gasteiger partial charge < -0.3 is 5.11 Å². The second kappa shape index (κ2) is 5.83. The van der Waals surface area contributed by atoms with Gasteiger partial charge in [0.25, 0.3) is 5.56 Å². The first-order valence-corrected chi connectivity index (χ1v) is 8.26. The van der Waals surface area contributed by atoms with Crippen LogP contribution in [0.15, 0.2) is 41.5 Å². The van der Waals surface area contributed by atoms with Crippen LogP contribution in [-0.4, -0.2) is 27.0 Å². The van der Waals surface area contributed by atoms with Gasteiger partial charge in [-0.15, -0.1) is 0 Å². The fraction of sp³-hybridized carbons (Fsp3) is 0.316. The topological polar surface area (TPSA) is 72.2 Å². The summed E-state index contributed by atoms with van der Waals surface area (Å²) in [5.41, 5.74) is 0.890. The highest BCUT2D eigenvalue weighted by atomic mass is 16.3. The van der Waals surface area contributed by atoms with Crippen molar-refractivity contribution in [2.45, 2.75) is 37.8 Å². The Bertz CT molecular complexity index is 993. The predicted octanol–water partition coefficient (Wildman–Crippen LogP) is 2.84. The highest BCUT2D eigenvalue weighted by Crippen LogP contribution is 2.29. The molecule has 0 spiro atoms. The number of aliphatic hydroxyl groups excluding tert-OH is 1. The SMILES string of the molecule is O=Cc1cc2c(=O)n([C@@H]3CCCC[C@H]3O)cnc2c2ccccc12. The lowest BCUT2D eigenvalue weighted by molar-refractivity contribution is 0.0735. The minimum absolute atomic E-state index is 0.195. The summed E-state index contributed by atoms with van der Waals surface area (Å²) >= 11 is 0. The van der Waals surface area contributed by atoms with Crippen LogP contribution in [0.25, 0.3) is 21.7 Å². The minimum Gasteiger partial charge on any atom is -0.391 e. The number of carbonyl (C=O) groups is 1. The third kappa shape index (κ3) is 2.24. The largest absolute Gasteiger partial charge is 0.391 e. The molecule has 1 fully saturated rings. The molecule has 1 aliphatic rings. The Labute approximate surface area is 138 Å². The fourth-order valence-electron chi connectivity index (χ4n) is 3.75. The van der Waals surface area contributed by atoms with Crippen LogP contribution in [0.2, 0.25) is 0 Å². The smallest absolute Gasteiger partial charge is 0.261 e. The fourth-order valence-corrected chi connectivity index (χ4v) is 3.75. The molecule has 2 aromatic carbocycles. The van der Waals surface area contributed by atoms with Crippen LogP contribution in [0, 0.1) is 0 Å². The first-order chi connectivity index (χ1) is 11.7.